The van der Waals surface area contributed by atoms with E-state index in [1.165, 1.54) is 12.1 Å². The normalized spacial score (nSPS) is 16.8. The summed E-state index contributed by atoms with van der Waals surface area (Å²) in [6.45, 7) is 1.75. The van der Waals surface area contributed by atoms with E-state index >= 15 is 0 Å². The van der Waals surface area contributed by atoms with Crippen LogP contribution < -0.4 is 4.74 Å². The number of benzene rings is 1. The minimum absolute atomic E-state index is 0.0573. The summed E-state index contributed by atoms with van der Waals surface area (Å²) in [4.78, 5) is 22.9. The summed E-state index contributed by atoms with van der Waals surface area (Å²) in [5, 5.41) is 1.02. The fourth-order valence-corrected chi connectivity index (χ4v) is 3.15. The summed E-state index contributed by atoms with van der Waals surface area (Å²) in [7, 11) is 0. The number of amides is 1. The van der Waals surface area contributed by atoms with Gasteiger partial charge in [0.25, 0.3) is 5.91 Å². The Bertz CT molecular complexity index is 930. The molecule has 0 saturated carbocycles. The van der Waals surface area contributed by atoms with Crippen LogP contribution in [0.5, 0.6) is 5.88 Å². The molecule has 26 heavy (non-hydrogen) atoms. The third kappa shape index (κ3) is 3.49. The van der Waals surface area contributed by atoms with Crippen molar-refractivity contribution in [3.8, 4) is 5.88 Å². The lowest BCUT2D eigenvalue weighted by Gasteiger charge is -2.16. The number of fused-ring (bicyclic) bond motifs is 1. The number of hydrogen-bond acceptors (Lipinski definition) is 4. The lowest BCUT2D eigenvalue weighted by Crippen LogP contribution is -2.30. The highest BCUT2D eigenvalue weighted by Gasteiger charge is 2.28. The minimum Gasteiger partial charge on any atom is -0.477 e. The summed E-state index contributed by atoms with van der Waals surface area (Å²) in [5.41, 5.74) is 1.28. The average molecular weight is 351 g/mol. The number of pyridine rings is 2. The summed E-state index contributed by atoms with van der Waals surface area (Å²) in [6.07, 6.45) is 1.99. The van der Waals surface area contributed by atoms with Gasteiger partial charge in [-0.2, -0.15) is 0 Å². The zero-order chi connectivity index (χ0) is 17.9. The Kier molecular flexibility index (Phi) is 4.48. The van der Waals surface area contributed by atoms with Crippen LogP contribution in [-0.4, -0.2) is 40.5 Å². The van der Waals surface area contributed by atoms with Crippen molar-refractivity contribution < 1.29 is 13.9 Å². The van der Waals surface area contributed by atoms with Gasteiger partial charge in [0.15, 0.2) is 0 Å². The molecule has 1 amide bonds. The summed E-state index contributed by atoms with van der Waals surface area (Å²) < 4.78 is 18.5. The number of hydrogen-bond donors (Lipinski definition) is 0. The molecule has 1 fully saturated rings. The van der Waals surface area contributed by atoms with Gasteiger partial charge < -0.3 is 9.64 Å². The highest BCUT2D eigenvalue weighted by atomic mass is 19.1. The maximum atomic E-state index is 12.9. The van der Waals surface area contributed by atoms with Gasteiger partial charge in [0, 0.05) is 30.5 Å². The number of carbonyl (C=O) groups is 1. The number of rotatable bonds is 4. The first-order chi connectivity index (χ1) is 12.7. The maximum absolute atomic E-state index is 12.9. The molecule has 1 unspecified atom stereocenters. The highest BCUT2D eigenvalue weighted by molar-refractivity contribution is 5.95. The van der Waals surface area contributed by atoms with E-state index in [1.807, 2.05) is 35.2 Å². The Morgan fingerprint density at radius 2 is 2.08 bits per heavy atom. The van der Waals surface area contributed by atoms with Gasteiger partial charge in [-0.3, -0.25) is 4.79 Å². The van der Waals surface area contributed by atoms with Crippen molar-refractivity contribution in [2.75, 3.05) is 19.7 Å². The van der Waals surface area contributed by atoms with Crippen molar-refractivity contribution in [1.82, 2.24) is 14.9 Å². The second-order valence-corrected chi connectivity index (χ2v) is 6.42. The summed E-state index contributed by atoms with van der Waals surface area (Å²) in [5.74, 6) is 0.176. The van der Waals surface area contributed by atoms with E-state index in [0.717, 1.165) is 23.5 Å². The molecule has 5 nitrogen and oxygen atoms in total. The SMILES string of the molecule is O=C(c1ccc2ccccc2n1)N1CCC(COc2ccc(F)cn2)C1. The fraction of sp³-hybridized carbons (Fsp3) is 0.250. The second kappa shape index (κ2) is 7.07. The van der Waals surface area contributed by atoms with Crippen LogP contribution >= 0.6 is 0 Å². The van der Waals surface area contributed by atoms with Crippen LogP contribution in [-0.2, 0) is 0 Å². The molecule has 1 aromatic carbocycles. The molecule has 0 bridgehead atoms. The van der Waals surface area contributed by atoms with E-state index < -0.39 is 5.82 Å². The lowest BCUT2D eigenvalue weighted by atomic mass is 10.1. The predicted molar refractivity (Wildman–Crippen MR) is 95.4 cm³/mol. The molecule has 1 aliphatic heterocycles. The van der Waals surface area contributed by atoms with Crippen LogP contribution in [0.3, 0.4) is 0 Å². The van der Waals surface area contributed by atoms with Gasteiger partial charge in [0.05, 0.1) is 18.3 Å². The molecule has 1 saturated heterocycles. The fourth-order valence-electron chi connectivity index (χ4n) is 3.15. The van der Waals surface area contributed by atoms with Gasteiger partial charge in [-0.25, -0.2) is 14.4 Å². The molecule has 2 aromatic heterocycles. The van der Waals surface area contributed by atoms with E-state index in [0.29, 0.717) is 31.3 Å². The number of carbonyl (C=O) groups excluding carboxylic acids is 1. The molecule has 1 aliphatic rings. The van der Waals surface area contributed by atoms with Gasteiger partial charge in [0.1, 0.15) is 11.5 Å². The van der Waals surface area contributed by atoms with Crippen molar-refractivity contribution in [3.05, 3.63) is 66.2 Å². The molecule has 4 rings (SSSR count). The molecular weight excluding hydrogens is 333 g/mol. The van der Waals surface area contributed by atoms with E-state index in [2.05, 4.69) is 9.97 Å². The molecule has 6 heteroatoms. The van der Waals surface area contributed by atoms with E-state index in [9.17, 15) is 9.18 Å². The van der Waals surface area contributed by atoms with Crippen LogP contribution in [0.25, 0.3) is 10.9 Å². The third-order valence-electron chi connectivity index (χ3n) is 4.56. The zero-order valence-corrected chi connectivity index (χ0v) is 14.1. The van der Waals surface area contributed by atoms with Crippen molar-refractivity contribution in [1.29, 1.82) is 0 Å². The molecule has 0 spiro atoms. The van der Waals surface area contributed by atoms with Gasteiger partial charge >= 0.3 is 0 Å². The number of aromatic nitrogens is 2. The molecule has 0 radical (unpaired) electrons. The van der Waals surface area contributed by atoms with Crippen molar-refractivity contribution in [2.45, 2.75) is 6.42 Å². The smallest absolute Gasteiger partial charge is 0.272 e. The monoisotopic (exact) mass is 351 g/mol. The number of halogens is 1. The molecule has 3 heterocycles. The van der Waals surface area contributed by atoms with Crippen LogP contribution in [0.2, 0.25) is 0 Å². The number of para-hydroxylation sites is 1. The topological polar surface area (TPSA) is 55.3 Å². The van der Waals surface area contributed by atoms with Crippen LogP contribution in [0.15, 0.2) is 54.7 Å². The Morgan fingerprint density at radius 1 is 1.19 bits per heavy atom. The van der Waals surface area contributed by atoms with Crippen LogP contribution in [0, 0.1) is 11.7 Å². The maximum Gasteiger partial charge on any atom is 0.272 e. The van der Waals surface area contributed by atoms with Crippen molar-refractivity contribution in [2.24, 2.45) is 5.92 Å². The average Bonchev–Trinajstić information content (AvgIpc) is 3.15. The first kappa shape index (κ1) is 16.4. The first-order valence-corrected chi connectivity index (χ1v) is 8.58. The molecule has 0 N–H and O–H groups in total. The first-order valence-electron chi connectivity index (χ1n) is 8.58. The molecule has 132 valence electrons. The number of nitrogens with zero attached hydrogens (tertiary/aromatic N) is 3. The minimum atomic E-state index is -0.391. The Hall–Kier alpha value is -3.02. The van der Waals surface area contributed by atoms with Crippen molar-refractivity contribution in [3.63, 3.8) is 0 Å². The lowest BCUT2D eigenvalue weighted by molar-refractivity contribution is 0.0777. The Morgan fingerprint density at radius 3 is 2.92 bits per heavy atom. The molecule has 0 aliphatic carbocycles. The van der Waals surface area contributed by atoms with Crippen molar-refractivity contribution >= 4 is 16.8 Å². The highest BCUT2D eigenvalue weighted by Crippen LogP contribution is 2.20. The molecular formula is C20H18FN3O2. The van der Waals surface area contributed by atoms with E-state index in [1.54, 1.807) is 6.07 Å². The Balaban J connectivity index is 1.37. The molecule has 1 atom stereocenters. The predicted octanol–water partition coefficient (Wildman–Crippen LogP) is 3.31. The van der Waals surface area contributed by atoms with Crippen LogP contribution in [0.4, 0.5) is 4.39 Å². The quantitative estimate of drug-likeness (QED) is 0.724. The third-order valence-corrected chi connectivity index (χ3v) is 4.56. The van der Waals surface area contributed by atoms with Gasteiger partial charge in [-0.1, -0.05) is 24.3 Å². The largest absolute Gasteiger partial charge is 0.477 e. The van der Waals surface area contributed by atoms with Crippen LogP contribution in [0.1, 0.15) is 16.9 Å². The second-order valence-electron chi connectivity index (χ2n) is 6.42. The number of likely N-dealkylation sites (tertiary alicyclic amines) is 1. The standard InChI is InChI=1S/C20H18FN3O2/c21-16-6-8-19(22-11-16)26-13-14-9-10-24(12-14)20(25)18-7-5-15-3-1-2-4-17(15)23-18/h1-8,11,14H,9-10,12-13H2. The molecule has 3 aromatic rings. The van der Waals surface area contributed by atoms with E-state index in [4.69, 9.17) is 4.74 Å². The number of ether oxygens (including phenoxy) is 1. The van der Waals surface area contributed by atoms with Gasteiger partial charge in [-0.15, -0.1) is 0 Å². The van der Waals surface area contributed by atoms with Gasteiger partial charge in [-0.05, 0) is 24.6 Å². The zero-order valence-electron chi connectivity index (χ0n) is 14.1. The van der Waals surface area contributed by atoms with E-state index in [-0.39, 0.29) is 11.8 Å². The van der Waals surface area contributed by atoms with Gasteiger partial charge in [0.2, 0.25) is 5.88 Å². The summed E-state index contributed by atoms with van der Waals surface area (Å²) in [6, 6.07) is 14.3. The summed E-state index contributed by atoms with van der Waals surface area (Å²) >= 11 is 0. The Labute approximate surface area is 150 Å².